The molecule has 0 aliphatic heterocycles. The van der Waals surface area contributed by atoms with Gasteiger partial charge in [-0.2, -0.15) is 4.98 Å². The van der Waals surface area contributed by atoms with Crippen molar-refractivity contribution >= 4 is 33.4 Å². The zero-order valence-electron chi connectivity index (χ0n) is 17.4. The second kappa shape index (κ2) is 9.47. The quantitative estimate of drug-likeness (QED) is 0.343. The Morgan fingerprint density at radius 3 is 2.48 bits per heavy atom. The van der Waals surface area contributed by atoms with Crippen molar-refractivity contribution in [3.8, 4) is 11.5 Å². The molecule has 0 atom stereocenters. The Balaban J connectivity index is 1.40. The third kappa shape index (κ3) is 5.41. The van der Waals surface area contributed by atoms with E-state index in [2.05, 4.69) is 14.9 Å². The molecule has 4 rings (SSSR count). The molecule has 0 saturated carbocycles. The molecule has 0 aliphatic rings. The molecule has 4 aromatic rings. The van der Waals surface area contributed by atoms with E-state index in [1.54, 1.807) is 31.2 Å². The standard InChI is InChI=1S/C23H19N3O5S2/c1-15-7-12-19(13-20(15)23(27)28)33(29,30)26-17-8-10-18(11-9-17)32-14-21-24-22(31-25-21)16-5-3-2-4-6-16/h2-13,26H,14H2,1H3,(H,27,28). The zero-order valence-corrected chi connectivity index (χ0v) is 19.1. The van der Waals surface area contributed by atoms with E-state index in [0.717, 1.165) is 16.5 Å². The normalized spacial score (nSPS) is 11.3. The van der Waals surface area contributed by atoms with E-state index in [1.807, 2.05) is 30.3 Å². The highest BCUT2D eigenvalue weighted by Crippen LogP contribution is 2.26. The van der Waals surface area contributed by atoms with E-state index in [0.29, 0.717) is 28.7 Å². The number of hydrogen-bond donors (Lipinski definition) is 2. The number of sulfonamides is 1. The van der Waals surface area contributed by atoms with Gasteiger partial charge in [-0.1, -0.05) is 29.4 Å². The Hall–Kier alpha value is -3.63. The summed E-state index contributed by atoms with van der Waals surface area (Å²) in [5.74, 6) is 0.321. The lowest BCUT2D eigenvalue weighted by molar-refractivity contribution is 0.0696. The van der Waals surface area contributed by atoms with Crippen LogP contribution in [0.1, 0.15) is 21.7 Å². The van der Waals surface area contributed by atoms with Crippen LogP contribution in [0.3, 0.4) is 0 Å². The van der Waals surface area contributed by atoms with Gasteiger partial charge in [-0.05, 0) is 61.0 Å². The molecule has 3 aromatic carbocycles. The number of hydrogen-bond acceptors (Lipinski definition) is 7. The number of nitrogens with one attached hydrogen (secondary N) is 1. The fraction of sp³-hybridized carbons (Fsp3) is 0.0870. The second-order valence-corrected chi connectivity index (χ2v) is 9.81. The highest BCUT2D eigenvalue weighted by atomic mass is 32.2. The summed E-state index contributed by atoms with van der Waals surface area (Å²) in [6, 6.07) is 20.3. The minimum atomic E-state index is -3.93. The van der Waals surface area contributed by atoms with E-state index >= 15 is 0 Å². The first-order valence-corrected chi connectivity index (χ1v) is 12.3. The average molecular weight is 482 g/mol. The number of anilines is 1. The van der Waals surface area contributed by atoms with Gasteiger partial charge in [0.25, 0.3) is 15.9 Å². The largest absolute Gasteiger partial charge is 0.478 e. The van der Waals surface area contributed by atoms with Crippen LogP contribution >= 0.6 is 11.8 Å². The third-order valence-corrected chi connectivity index (χ3v) is 7.10. The topological polar surface area (TPSA) is 122 Å². The van der Waals surface area contributed by atoms with Crippen molar-refractivity contribution in [2.45, 2.75) is 22.5 Å². The molecular formula is C23H19N3O5S2. The predicted octanol–water partition coefficient (Wildman–Crippen LogP) is 4.84. The molecule has 10 heteroatoms. The Morgan fingerprint density at radius 2 is 1.79 bits per heavy atom. The van der Waals surface area contributed by atoms with Gasteiger partial charge in [0.05, 0.1) is 16.2 Å². The lowest BCUT2D eigenvalue weighted by atomic mass is 10.1. The van der Waals surface area contributed by atoms with Crippen molar-refractivity contribution < 1.29 is 22.8 Å². The van der Waals surface area contributed by atoms with Crippen molar-refractivity contribution in [3.63, 3.8) is 0 Å². The molecule has 0 spiro atoms. The lowest BCUT2D eigenvalue weighted by Gasteiger charge is -2.10. The fourth-order valence-electron chi connectivity index (χ4n) is 2.99. The molecule has 0 bridgehead atoms. The van der Waals surface area contributed by atoms with Gasteiger partial charge < -0.3 is 9.63 Å². The number of carboxylic acids is 1. The van der Waals surface area contributed by atoms with Crippen LogP contribution in [0.25, 0.3) is 11.5 Å². The molecule has 168 valence electrons. The van der Waals surface area contributed by atoms with Crippen LogP contribution < -0.4 is 4.72 Å². The number of thioether (sulfide) groups is 1. The first kappa shape index (κ1) is 22.6. The van der Waals surface area contributed by atoms with Gasteiger partial charge in [-0.15, -0.1) is 11.8 Å². The number of aromatic nitrogens is 2. The summed E-state index contributed by atoms with van der Waals surface area (Å²) in [5.41, 5.74) is 1.64. The molecule has 0 fully saturated rings. The number of nitrogens with zero attached hydrogens (tertiary/aromatic N) is 2. The molecule has 0 unspecified atom stereocenters. The van der Waals surface area contributed by atoms with Gasteiger partial charge in [-0.3, -0.25) is 4.72 Å². The maximum atomic E-state index is 12.7. The van der Waals surface area contributed by atoms with Crippen LogP contribution in [0.2, 0.25) is 0 Å². The first-order chi connectivity index (χ1) is 15.8. The van der Waals surface area contributed by atoms with Gasteiger partial charge in [0.2, 0.25) is 0 Å². The molecule has 33 heavy (non-hydrogen) atoms. The monoisotopic (exact) mass is 481 g/mol. The van der Waals surface area contributed by atoms with Crippen LogP contribution in [-0.4, -0.2) is 29.6 Å². The molecule has 2 N–H and O–H groups in total. The van der Waals surface area contributed by atoms with Crippen LogP contribution in [0, 0.1) is 6.92 Å². The Bertz CT molecular complexity index is 1390. The summed E-state index contributed by atoms with van der Waals surface area (Å²) in [6.45, 7) is 1.61. The first-order valence-electron chi connectivity index (χ1n) is 9.79. The van der Waals surface area contributed by atoms with Crippen molar-refractivity contribution in [1.82, 2.24) is 10.1 Å². The smallest absolute Gasteiger partial charge is 0.335 e. The van der Waals surface area contributed by atoms with Crippen molar-refractivity contribution in [3.05, 3.63) is 89.7 Å². The van der Waals surface area contributed by atoms with E-state index in [-0.39, 0.29) is 10.5 Å². The molecule has 0 saturated heterocycles. The number of benzene rings is 3. The SMILES string of the molecule is Cc1ccc(S(=O)(=O)Nc2ccc(SCc3noc(-c4ccccc4)n3)cc2)cc1C(=O)O. The highest BCUT2D eigenvalue weighted by molar-refractivity contribution is 7.98. The third-order valence-electron chi connectivity index (χ3n) is 4.71. The maximum Gasteiger partial charge on any atom is 0.335 e. The molecule has 8 nitrogen and oxygen atoms in total. The van der Waals surface area contributed by atoms with Gasteiger partial charge in [0, 0.05) is 16.1 Å². The van der Waals surface area contributed by atoms with Gasteiger partial charge in [0.15, 0.2) is 5.82 Å². The van der Waals surface area contributed by atoms with E-state index in [4.69, 9.17) is 4.52 Å². The average Bonchev–Trinajstić information content (AvgIpc) is 3.28. The summed E-state index contributed by atoms with van der Waals surface area (Å²) in [7, 11) is -3.93. The van der Waals surface area contributed by atoms with Crippen LogP contribution in [0.4, 0.5) is 5.69 Å². The minimum absolute atomic E-state index is 0.0542. The van der Waals surface area contributed by atoms with Crippen molar-refractivity contribution in [1.29, 1.82) is 0 Å². The number of aryl methyl sites for hydroxylation is 1. The molecule has 0 aliphatic carbocycles. The summed E-state index contributed by atoms with van der Waals surface area (Å²) in [4.78, 5) is 16.5. The van der Waals surface area contributed by atoms with Crippen LogP contribution in [-0.2, 0) is 15.8 Å². The van der Waals surface area contributed by atoms with E-state index in [1.165, 1.54) is 23.9 Å². The molecule has 0 amide bonds. The molecule has 1 heterocycles. The Kier molecular flexibility index (Phi) is 6.47. The number of rotatable bonds is 8. The Labute approximate surface area is 194 Å². The van der Waals surface area contributed by atoms with Gasteiger partial charge in [-0.25, -0.2) is 13.2 Å². The van der Waals surface area contributed by atoms with E-state index in [9.17, 15) is 18.3 Å². The fourth-order valence-corrected chi connectivity index (χ4v) is 4.82. The zero-order chi connectivity index (χ0) is 23.4. The molecule has 1 aromatic heterocycles. The lowest BCUT2D eigenvalue weighted by Crippen LogP contribution is -2.14. The number of aromatic carboxylic acids is 1. The van der Waals surface area contributed by atoms with Crippen molar-refractivity contribution in [2.75, 3.05) is 4.72 Å². The Morgan fingerprint density at radius 1 is 1.06 bits per heavy atom. The predicted molar refractivity (Wildman–Crippen MR) is 125 cm³/mol. The van der Waals surface area contributed by atoms with Crippen molar-refractivity contribution in [2.24, 2.45) is 0 Å². The van der Waals surface area contributed by atoms with E-state index < -0.39 is 16.0 Å². The maximum absolute atomic E-state index is 12.7. The highest BCUT2D eigenvalue weighted by Gasteiger charge is 2.18. The number of carboxylic acid groups (broad SMARTS) is 1. The molecular weight excluding hydrogens is 462 g/mol. The van der Waals surface area contributed by atoms with Crippen LogP contribution in [0.5, 0.6) is 0 Å². The summed E-state index contributed by atoms with van der Waals surface area (Å²) in [5, 5.41) is 13.2. The summed E-state index contributed by atoms with van der Waals surface area (Å²) >= 11 is 1.48. The number of carbonyl (C=O) groups is 1. The summed E-state index contributed by atoms with van der Waals surface area (Å²) in [6.07, 6.45) is 0. The van der Waals surface area contributed by atoms with Gasteiger partial charge >= 0.3 is 5.97 Å². The minimum Gasteiger partial charge on any atom is -0.478 e. The summed E-state index contributed by atoms with van der Waals surface area (Å²) < 4.78 is 33.1. The second-order valence-electron chi connectivity index (χ2n) is 7.08. The van der Waals surface area contributed by atoms with Crippen LogP contribution in [0.15, 0.2) is 87.1 Å². The van der Waals surface area contributed by atoms with Gasteiger partial charge in [0.1, 0.15) is 0 Å². The molecule has 0 radical (unpaired) electrons.